The predicted molar refractivity (Wildman–Crippen MR) is 119 cm³/mol. The van der Waals surface area contributed by atoms with Crippen LogP contribution in [-0.2, 0) is 0 Å². The van der Waals surface area contributed by atoms with E-state index < -0.39 is 0 Å². The van der Waals surface area contributed by atoms with E-state index in [1.165, 1.54) is 0 Å². The normalized spacial score (nSPS) is 10.5. The maximum atomic E-state index is 12.6. The number of hydrogen-bond donors (Lipinski definition) is 0. The molecule has 3 rings (SSSR count). The maximum Gasteiger partial charge on any atom is 0.193 e. The van der Waals surface area contributed by atoms with Crippen molar-refractivity contribution in [3.63, 3.8) is 0 Å². The van der Waals surface area contributed by atoms with Crippen molar-refractivity contribution in [3.8, 4) is 23.0 Å². The van der Waals surface area contributed by atoms with E-state index in [1.807, 2.05) is 49.4 Å². The predicted octanol–water partition coefficient (Wildman–Crippen LogP) is 6.60. The fourth-order valence-electron chi connectivity index (χ4n) is 3.02. The Morgan fingerprint density at radius 1 is 0.800 bits per heavy atom. The van der Waals surface area contributed by atoms with E-state index in [4.69, 9.17) is 14.2 Å². The van der Waals surface area contributed by atoms with Crippen LogP contribution in [0.3, 0.4) is 0 Å². The highest BCUT2D eigenvalue weighted by Crippen LogP contribution is 2.35. The molecule has 0 bridgehead atoms. The molecule has 0 atom stereocenters. The number of ketones is 1. The standard InChI is InChI=1S/C26H28O4/c1-4-5-6-17-29-25-18-23(28-3)15-16-24(25)30-22-13-11-21(12-14-22)26(27)20-9-7-19(2)8-10-20/h7-16,18H,4-6,17H2,1-3H3. The zero-order valence-electron chi connectivity index (χ0n) is 17.8. The van der Waals surface area contributed by atoms with Gasteiger partial charge in [0.05, 0.1) is 13.7 Å². The molecule has 0 heterocycles. The summed E-state index contributed by atoms with van der Waals surface area (Å²) in [5, 5.41) is 0. The lowest BCUT2D eigenvalue weighted by molar-refractivity contribution is 0.103. The van der Waals surface area contributed by atoms with E-state index in [9.17, 15) is 4.79 Å². The molecule has 0 aliphatic rings. The number of hydrogen-bond acceptors (Lipinski definition) is 4. The summed E-state index contributed by atoms with van der Waals surface area (Å²) in [6, 6.07) is 20.2. The minimum atomic E-state index is -0.00839. The van der Waals surface area contributed by atoms with Crippen LogP contribution >= 0.6 is 0 Å². The van der Waals surface area contributed by atoms with E-state index in [2.05, 4.69) is 6.92 Å². The molecule has 0 saturated heterocycles. The number of methoxy groups -OCH3 is 1. The van der Waals surface area contributed by atoms with Gasteiger partial charge in [0.1, 0.15) is 11.5 Å². The van der Waals surface area contributed by atoms with Crippen molar-refractivity contribution in [3.05, 3.63) is 83.4 Å². The molecule has 0 radical (unpaired) electrons. The summed E-state index contributed by atoms with van der Waals surface area (Å²) in [6.07, 6.45) is 3.25. The molecule has 0 N–H and O–H groups in total. The van der Waals surface area contributed by atoms with Crippen LogP contribution < -0.4 is 14.2 Å². The third-order valence-corrected chi connectivity index (χ3v) is 4.81. The van der Waals surface area contributed by atoms with Gasteiger partial charge in [-0.25, -0.2) is 0 Å². The first-order chi connectivity index (χ1) is 14.6. The van der Waals surface area contributed by atoms with E-state index in [1.54, 1.807) is 31.4 Å². The molecule has 0 spiro atoms. The van der Waals surface area contributed by atoms with Crippen LogP contribution in [-0.4, -0.2) is 19.5 Å². The van der Waals surface area contributed by atoms with Crippen LogP contribution in [0.1, 0.15) is 47.7 Å². The fraction of sp³-hybridized carbons (Fsp3) is 0.269. The molecule has 0 amide bonds. The van der Waals surface area contributed by atoms with Gasteiger partial charge in [0.15, 0.2) is 17.3 Å². The van der Waals surface area contributed by atoms with Crippen molar-refractivity contribution in [2.45, 2.75) is 33.1 Å². The van der Waals surface area contributed by atoms with E-state index in [-0.39, 0.29) is 5.78 Å². The van der Waals surface area contributed by atoms with Crippen molar-refractivity contribution < 1.29 is 19.0 Å². The highest BCUT2D eigenvalue weighted by atomic mass is 16.5. The third-order valence-electron chi connectivity index (χ3n) is 4.81. The highest BCUT2D eigenvalue weighted by molar-refractivity contribution is 6.09. The van der Waals surface area contributed by atoms with Crippen molar-refractivity contribution in [1.82, 2.24) is 0 Å². The Morgan fingerprint density at radius 3 is 2.07 bits per heavy atom. The fourth-order valence-corrected chi connectivity index (χ4v) is 3.02. The molecule has 0 aliphatic heterocycles. The van der Waals surface area contributed by atoms with Gasteiger partial charge in [-0.2, -0.15) is 0 Å². The highest BCUT2D eigenvalue weighted by Gasteiger charge is 2.11. The lowest BCUT2D eigenvalue weighted by Gasteiger charge is -2.14. The summed E-state index contributed by atoms with van der Waals surface area (Å²) in [4.78, 5) is 12.6. The van der Waals surface area contributed by atoms with Crippen LogP contribution in [0.2, 0.25) is 0 Å². The third kappa shape index (κ3) is 5.63. The van der Waals surface area contributed by atoms with Crippen LogP contribution in [0.5, 0.6) is 23.0 Å². The number of aryl methyl sites for hydroxylation is 1. The summed E-state index contributed by atoms with van der Waals surface area (Å²) in [6.45, 7) is 4.79. The zero-order chi connectivity index (χ0) is 21.3. The second kappa shape index (κ2) is 10.5. The topological polar surface area (TPSA) is 44.8 Å². The lowest BCUT2D eigenvalue weighted by atomic mass is 10.0. The molecule has 4 heteroatoms. The van der Waals surface area contributed by atoms with Gasteiger partial charge in [-0.1, -0.05) is 49.6 Å². The van der Waals surface area contributed by atoms with Crippen molar-refractivity contribution in [1.29, 1.82) is 0 Å². The largest absolute Gasteiger partial charge is 0.497 e. The summed E-state index contributed by atoms with van der Waals surface area (Å²) in [5.74, 6) is 2.60. The summed E-state index contributed by atoms with van der Waals surface area (Å²) < 4.78 is 17.3. The Hall–Kier alpha value is -3.27. The molecular weight excluding hydrogens is 376 g/mol. The quantitative estimate of drug-likeness (QED) is 0.282. The van der Waals surface area contributed by atoms with E-state index in [0.29, 0.717) is 40.7 Å². The van der Waals surface area contributed by atoms with Crippen molar-refractivity contribution >= 4 is 5.78 Å². The molecule has 0 fully saturated rings. The Labute approximate surface area is 178 Å². The number of carbonyl (C=O) groups is 1. The van der Waals surface area contributed by atoms with Gasteiger partial charge in [-0.15, -0.1) is 0 Å². The number of unbranched alkanes of at least 4 members (excludes halogenated alkanes) is 2. The van der Waals surface area contributed by atoms with Crippen molar-refractivity contribution in [2.24, 2.45) is 0 Å². The summed E-state index contributed by atoms with van der Waals surface area (Å²) in [5.41, 5.74) is 2.42. The maximum absolute atomic E-state index is 12.6. The molecule has 3 aromatic carbocycles. The van der Waals surface area contributed by atoms with Gasteiger partial charge in [-0.3, -0.25) is 4.79 Å². The Kier molecular flexibility index (Phi) is 7.50. The molecular formula is C26H28O4. The summed E-state index contributed by atoms with van der Waals surface area (Å²) >= 11 is 0. The van der Waals surface area contributed by atoms with E-state index >= 15 is 0 Å². The van der Waals surface area contributed by atoms with Crippen LogP contribution in [0, 0.1) is 6.92 Å². The van der Waals surface area contributed by atoms with Gasteiger partial charge in [0.2, 0.25) is 0 Å². The minimum Gasteiger partial charge on any atom is -0.497 e. The zero-order valence-corrected chi connectivity index (χ0v) is 17.8. The second-order valence-electron chi connectivity index (χ2n) is 7.19. The molecule has 0 aromatic heterocycles. The minimum absolute atomic E-state index is 0.00839. The molecule has 3 aromatic rings. The number of ether oxygens (including phenoxy) is 3. The number of rotatable bonds is 10. The van der Waals surface area contributed by atoms with Gasteiger partial charge >= 0.3 is 0 Å². The van der Waals surface area contributed by atoms with Gasteiger partial charge in [-0.05, 0) is 49.7 Å². The van der Waals surface area contributed by atoms with Gasteiger partial charge in [0.25, 0.3) is 0 Å². The van der Waals surface area contributed by atoms with Crippen LogP contribution in [0.4, 0.5) is 0 Å². The first-order valence-corrected chi connectivity index (χ1v) is 10.3. The summed E-state index contributed by atoms with van der Waals surface area (Å²) in [7, 11) is 1.63. The SMILES string of the molecule is CCCCCOc1cc(OC)ccc1Oc1ccc(C(=O)c2ccc(C)cc2)cc1. The Bertz CT molecular complexity index is 959. The number of benzene rings is 3. The molecule has 0 unspecified atom stereocenters. The molecule has 30 heavy (non-hydrogen) atoms. The average Bonchev–Trinajstić information content (AvgIpc) is 2.78. The first kappa shape index (κ1) is 21.4. The molecule has 0 aliphatic carbocycles. The smallest absolute Gasteiger partial charge is 0.193 e. The first-order valence-electron chi connectivity index (χ1n) is 10.3. The lowest BCUT2D eigenvalue weighted by Crippen LogP contribution is -2.01. The second-order valence-corrected chi connectivity index (χ2v) is 7.19. The van der Waals surface area contributed by atoms with Gasteiger partial charge in [0, 0.05) is 17.2 Å². The Morgan fingerprint density at radius 2 is 1.43 bits per heavy atom. The molecule has 156 valence electrons. The molecule has 0 saturated carbocycles. The number of carbonyl (C=O) groups excluding carboxylic acids is 1. The van der Waals surface area contributed by atoms with Crippen LogP contribution in [0.25, 0.3) is 0 Å². The molecule has 4 nitrogen and oxygen atoms in total. The van der Waals surface area contributed by atoms with Crippen molar-refractivity contribution in [2.75, 3.05) is 13.7 Å². The van der Waals surface area contributed by atoms with E-state index in [0.717, 1.165) is 24.8 Å². The van der Waals surface area contributed by atoms with Gasteiger partial charge < -0.3 is 14.2 Å². The Balaban J connectivity index is 1.72. The monoisotopic (exact) mass is 404 g/mol. The average molecular weight is 405 g/mol. The van der Waals surface area contributed by atoms with Crippen LogP contribution in [0.15, 0.2) is 66.7 Å².